The molecular formula is C21H33N3O3. The SMILES string of the molecule is COCC[C@@H]1CCCCN1C(=O)Nc1cccc(NC(=O)CC(C)C)c1C. The fourth-order valence-corrected chi connectivity index (χ4v) is 3.49. The minimum Gasteiger partial charge on any atom is -0.385 e. The second kappa shape index (κ2) is 10.3. The van der Waals surface area contributed by atoms with Gasteiger partial charge < -0.3 is 20.3 Å². The van der Waals surface area contributed by atoms with Crippen LogP contribution in [0.15, 0.2) is 18.2 Å². The Hall–Kier alpha value is -2.08. The van der Waals surface area contributed by atoms with Gasteiger partial charge in [0, 0.05) is 44.1 Å². The molecule has 1 aromatic rings. The molecule has 0 aromatic heterocycles. The number of nitrogens with one attached hydrogen (secondary N) is 2. The third kappa shape index (κ3) is 6.24. The Bertz CT molecular complexity index is 646. The summed E-state index contributed by atoms with van der Waals surface area (Å²) in [5.41, 5.74) is 2.35. The van der Waals surface area contributed by atoms with Crippen molar-refractivity contribution in [3.63, 3.8) is 0 Å². The van der Waals surface area contributed by atoms with E-state index in [0.29, 0.717) is 18.9 Å². The minimum atomic E-state index is -0.0791. The number of benzene rings is 1. The standard InChI is InChI=1S/C21H33N3O3/c1-15(2)14-20(25)22-18-9-7-10-19(16(18)3)23-21(26)24-12-6-5-8-17(24)11-13-27-4/h7,9-10,15,17H,5-6,8,11-14H2,1-4H3,(H,22,25)(H,23,26)/t17-/m0/s1. The summed E-state index contributed by atoms with van der Waals surface area (Å²) < 4.78 is 5.19. The molecule has 150 valence electrons. The van der Waals surface area contributed by atoms with Crippen molar-refractivity contribution in [1.29, 1.82) is 0 Å². The van der Waals surface area contributed by atoms with Crippen molar-refractivity contribution >= 4 is 23.3 Å². The third-order valence-corrected chi connectivity index (χ3v) is 4.99. The van der Waals surface area contributed by atoms with Crippen molar-refractivity contribution in [2.24, 2.45) is 5.92 Å². The van der Waals surface area contributed by atoms with Gasteiger partial charge in [-0.2, -0.15) is 0 Å². The van der Waals surface area contributed by atoms with Crippen molar-refractivity contribution in [2.75, 3.05) is 30.9 Å². The van der Waals surface area contributed by atoms with Crippen molar-refractivity contribution < 1.29 is 14.3 Å². The summed E-state index contributed by atoms with van der Waals surface area (Å²) in [4.78, 5) is 26.9. The summed E-state index contributed by atoms with van der Waals surface area (Å²) in [7, 11) is 1.69. The molecule has 1 aromatic carbocycles. The van der Waals surface area contributed by atoms with Crippen LogP contribution in [0.3, 0.4) is 0 Å². The molecule has 27 heavy (non-hydrogen) atoms. The fraction of sp³-hybridized carbons (Fsp3) is 0.619. The van der Waals surface area contributed by atoms with Crippen LogP contribution in [0, 0.1) is 12.8 Å². The maximum Gasteiger partial charge on any atom is 0.322 e. The van der Waals surface area contributed by atoms with Gasteiger partial charge in [0.15, 0.2) is 0 Å². The summed E-state index contributed by atoms with van der Waals surface area (Å²) in [6.07, 6.45) is 4.52. The van der Waals surface area contributed by atoms with E-state index in [1.165, 1.54) is 0 Å². The Morgan fingerprint density at radius 1 is 1.22 bits per heavy atom. The van der Waals surface area contributed by atoms with Gasteiger partial charge in [-0.25, -0.2) is 4.79 Å². The Kier molecular flexibility index (Phi) is 8.10. The van der Waals surface area contributed by atoms with Crippen LogP contribution in [0.2, 0.25) is 0 Å². The van der Waals surface area contributed by atoms with Crippen LogP contribution in [-0.2, 0) is 9.53 Å². The normalized spacial score (nSPS) is 17.1. The highest BCUT2D eigenvalue weighted by Gasteiger charge is 2.26. The number of piperidine rings is 1. The van der Waals surface area contributed by atoms with Gasteiger partial charge in [-0.1, -0.05) is 19.9 Å². The largest absolute Gasteiger partial charge is 0.385 e. The quantitative estimate of drug-likeness (QED) is 0.742. The number of carbonyl (C=O) groups excluding carboxylic acids is 2. The zero-order valence-electron chi connectivity index (χ0n) is 17.0. The molecule has 2 N–H and O–H groups in total. The zero-order valence-corrected chi connectivity index (χ0v) is 17.0. The number of urea groups is 1. The Labute approximate surface area is 162 Å². The zero-order chi connectivity index (χ0) is 19.8. The highest BCUT2D eigenvalue weighted by molar-refractivity contribution is 5.95. The molecule has 1 aliphatic rings. The maximum atomic E-state index is 12.9. The van der Waals surface area contributed by atoms with E-state index in [2.05, 4.69) is 10.6 Å². The maximum absolute atomic E-state index is 12.9. The monoisotopic (exact) mass is 375 g/mol. The van der Waals surface area contributed by atoms with Crippen LogP contribution >= 0.6 is 0 Å². The number of hydrogen-bond acceptors (Lipinski definition) is 3. The number of anilines is 2. The molecule has 1 heterocycles. The van der Waals surface area contributed by atoms with E-state index < -0.39 is 0 Å². The molecule has 0 saturated carbocycles. The minimum absolute atomic E-state index is 0.00719. The van der Waals surface area contributed by atoms with Gasteiger partial charge >= 0.3 is 6.03 Å². The summed E-state index contributed by atoms with van der Waals surface area (Å²) >= 11 is 0. The molecule has 6 heteroatoms. The molecular weight excluding hydrogens is 342 g/mol. The van der Waals surface area contributed by atoms with E-state index >= 15 is 0 Å². The molecule has 1 atom stereocenters. The lowest BCUT2D eigenvalue weighted by molar-refractivity contribution is -0.116. The van der Waals surface area contributed by atoms with Crippen LogP contribution < -0.4 is 10.6 Å². The Balaban J connectivity index is 2.06. The average molecular weight is 376 g/mol. The summed E-state index contributed by atoms with van der Waals surface area (Å²) in [5.74, 6) is 0.295. The van der Waals surface area contributed by atoms with Gasteiger partial charge in [0.05, 0.1) is 0 Å². The second-order valence-corrected chi connectivity index (χ2v) is 7.68. The highest BCUT2D eigenvalue weighted by atomic mass is 16.5. The van der Waals surface area contributed by atoms with E-state index in [4.69, 9.17) is 4.74 Å². The van der Waals surface area contributed by atoms with Crippen LogP contribution in [-0.4, -0.2) is 43.1 Å². The Morgan fingerprint density at radius 3 is 2.59 bits per heavy atom. The first-order valence-electron chi connectivity index (χ1n) is 9.88. The lowest BCUT2D eigenvalue weighted by atomic mass is 10.00. The number of rotatable bonds is 7. The van der Waals surface area contributed by atoms with Gasteiger partial charge in [-0.05, 0) is 56.2 Å². The number of carbonyl (C=O) groups is 2. The molecule has 0 unspecified atom stereocenters. The first-order chi connectivity index (χ1) is 12.9. The van der Waals surface area contributed by atoms with Gasteiger partial charge in [0.1, 0.15) is 0 Å². The first kappa shape index (κ1) is 21.2. The smallest absolute Gasteiger partial charge is 0.322 e. The summed E-state index contributed by atoms with van der Waals surface area (Å²) in [6, 6.07) is 5.73. The van der Waals surface area contributed by atoms with Crippen LogP contribution in [0.25, 0.3) is 0 Å². The number of likely N-dealkylation sites (tertiary alicyclic amines) is 1. The van der Waals surface area contributed by atoms with Crippen molar-refractivity contribution in [3.8, 4) is 0 Å². The molecule has 6 nitrogen and oxygen atoms in total. The molecule has 0 spiro atoms. The lowest BCUT2D eigenvalue weighted by Crippen LogP contribution is -2.46. The molecule has 1 fully saturated rings. The van der Waals surface area contributed by atoms with Crippen molar-refractivity contribution in [2.45, 2.75) is 58.9 Å². The van der Waals surface area contributed by atoms with E-state index in [0.717, 1.165) is 49.2 Å². The van der Waals surface area contributed by atoms with Crippen molar-refractivity contribution in [1.82, 2.24) is 4.90 Å². The number of hydrogen-bond donors (Lipinski definition) is 2. The fourth-order valence-electron chi connectivity index (χ4n) is 3.49. The second-order valence-electron chi connectivity index (χ2n) is 7.68. The predicted octanol–water partition coefficient (Wildman–Crippen LogP) is 4.40. The third-order valence-electron chi connectivity index (χ3n) is 4.99. The number of nitrogens with zero attached hydrogens (tertiary/aromatic N) is 1. The number of ether oxygens (including phenoxy) is 1. The van der Waals surface area contributed by atoms with Crippen LogP contribution in [0.4, 0.5) is 16.2 Å². The number of methoxy groups -OCH3 is 1. The van der Waals surface area contributed by atoms with Gasteiger partial charge in [0.25, 0.3) is 0 Å². The van der Waals surface area contributed by atoms with Crippen molar-refractivity contribution in [3.05, 3.63) is 23.8 Å². The lowest BCUT2D eigenvalue weighted by Gasteiger charge is -2.35. The molecule has 1 aliphatic heterocycles. The summed E-state index contributed by atoms with van der Waals surface area (Å²) in [5, 5.41) is 5.99. The van der Waals surface area contributed by atoms with E-state index in [-0.39, 0.29) is 18.0 Å². The number of amides is 3. The highest BCUT2D eigenvalue weighted by Crippen LogP contribution is 2.26. The average Bonchev–Trinajstić information content (AvgIpc) is 2.62. The van der Waals surface area contributed by atoms with Gasteiger partial charge in [-0.15, -0.1) is 0 Å². The van der Waals surface area contributed by atoms with E-state index in [1.807, 2.05) is 43.9 Å². The van der Waals surface area contributed by atoms with Gasteiger partial charge in [0.2, 0.25) is 5.91 Å². The summed E-state index contributed by atoms with van der Waals surface area (Å²) in [6.45, 7) is 7.37. The molecule has 0 radical (unpaired) electrons. The van der Waals surface area contributed by atoms with Gasteiger partial charge in [-0.3, -0.25) is 4.79 Å². The van der Waals surface area contributed by atoms with Crippen LogP contribution in [0.1, 0.15) is 51.5 Å². The molecule has 3 amide bonds. The molecule has 2 rings (SSSR count). The van der Waals surface area contributed by atoms with Crippen LogP contribution in [0.5, 0.6) is 0 Å². The molecule has 1 saturated heterocycles. The Morgan fingerprint density at radius 2 is 1.93 bits per heavy atom. The topological polar surface area (TPSA) is 70.7 Å². The van der Waals surface area contributed by atoms with E-state index in [9.17, 15) is 9.59 Å². The predicted molar refractivity (Wildman–Crippen MR) is 109 cm³/mol. The molecule has 0 aliphatic carbocycles. The first-order valence-corrected chi connectivity index (χ1v) is 9.88. The van der Waals surface area contributed by atoms with E-state index in [1.54, 1.807) is 7.11 Å². The molecule has 0 bridgehead atoms.